The summed E-state index contributed by atoms with van der Waals surface area (Å²) in [6.45, 7) is 7.20. The Labute approximate surface area is 157 Å². The summed E-state index contributed by atoms with van der Waals surface area (Å²) in [5, 5.41) is 3.35. The lowest BCUT2D eigenvalue weighted by atomic mass is 10.4. The molecule has 23 heavy (non-hydrogen) atoms. The van der Waals surface area contributed by atoms with Crippen LogP contribution in [0, 0.1) is 0 Å². The predicted molar refractivity (Wildman–Crippen MR) is 108 cm³/mol. The molecule has 1 aromatic heterocycles. The van der Waals surface area contributed by atoms with Gasteiger partial charge in [-0.15, -0.1) is 24.0 Å². The molecule has 0 spiro atoms. The Morgan fingerprint density at radius 1 is 1.35 bits per heavy atom. The Kier molecular flexibility index (Phi) is 12.2. The molecule has 0 aliphatic carbocycles. The number of nitrogens with zero attached hydrogens (tertiary/aromatic N) is 4. The molecular formula is C16H32IN5O. The first-order valence-corrected chi connectivity index (χ1v) is 7.85. The third-order valence-electron chi connectivity index (χ3n) is 3.57. The van der Waals surface area contributed by atoms with Gasteiger partial charge in [0.15, 0.2) is 5.96 Å². The predicted octanol–water partition coefficient (Wildman–Crippen LogP) is 1.62. The molecule has 0 aliphatic rings. The van der Waals surface area contributed by atoms with Crippen molar-refractivity contribution in [2.45, 2.75) is 13.5 Å². The summed E-state index contributed by atoms with van der Waals surface area (Å²) in [5.41, 5.74) is 1.27. The van der Waals surface area contributed by atoms with E-state index in [4.69, 9.17) is 9.73 Å². The number of aryl methyl sites for hydroxylation is 1. The van der Waals surface area contributed by atoms with E-state index in [0.29, 0.717) is 0 Å². The molecule has 7 heteroatoms. The molecule has 1 N–H and O–H groups in total. The van der Waals surface area contributed by atoms with Crippen LogP contribution in [0.15, 0.2) is 23.3 Å². The molecule has 1 aromatic rings. The molecule has 1 rings (SSSR count). The highest BCUT2D eigenvalue weighted by molar-refractivity contribution is 14.0. The first-order valence-electron chi connectivity index (χ1n) is 7.85. The van der Waals surface area contributed by atoms with Gasteiger partial charge < -0.3 is 24.4 Å². The number of aliphatic imine (C=N–C) groups is 1. The number of halogens is 1. The molecule has 0 radical (unpaired) electrons. The maximum absolute atomic E-state index is 5.09. The van der Waals surface area contributed by atoms with Gasteiger partial charge in [0.05, 0.1) is 19.7 Å². The van der Waals surface area contributed by atoms with Gasteiger partial charge in [-0.05, 0) is 26.1 Å². The highest BCUT2D eigenvalue weighted by Crippen LogP contribution is 2.03. The molecule has 1 heterocycles. The van der Waals surface area contributed by atoms with Crippen molar-refractivity contribution in [2.24, 2.45) is 12.0 Å². The lowest BCUT2D eigenvalue weighted by Gasteiger charge is -2.23. The van der Waals surface area contributed by atoms with Crippen LogP contribution in [-0.2, 0) is 18.3 Å². The summed E-state index contributed by atoms with van der Waals surface area (Å²) in [5.74, 6) is 0.948. The SMILES string of the molecule is CCNC(=NCCN(C)CCOC)N(C)Cc1cccn1C.I. The van der Waals surface area contributed by atoms with Gasteiger partial charge in [0.25, 0.3) is 0 Å². The quantitative estimate of drug-likeness (QED) is 0.363. The minimum Gasteiger partial charge on any atom is -0.383 e. The van der Waals surface area contributed by atoms with Crippen molar-refractivity contribution in [3.05, 3.63) is 24.0 Å². The molecule has 0 bridgehead atoms. The third kappa shape index (κ3) is 8.57. The summed E-state index contributed by atoms with van der Waals surface area (Å²) in [7, 11) is 7.96. The molecular weight excluding hydrogens is 405 g/mol. The van der Waals surface area contributed by atoms with Crippen LogP contribution < -0.4 is 5.32 Å². The van der Waals surface area contributed by atoms with E-state index in [1.54, 1.807) is 7.11 Å². The molecule has 0 fully saturated rings. The van der Waals surface area contributed by atoms with E-state index in [2.05, 4.69) is 66.1 Å². The van der Waals surface area contributed by atoms with Crippen LogP contribution in [0.4, 0.5) is 0 Å². The fraction of sp³-hybridized carbons (Fsp3) is 0.688. The van der Waals surface area contributed by atoms with Gasteiger partial charge in [0, 0.05) is 52.7 Å². The second kappa shape index (κ2) is 12.6. The number of hydrogen-bond acceptors (Lipinski definition) is 3. The van der Waals surface area contributed by atoms with Crippen molar-refractivity contribution in [1.82, 2.24) is 19.7 Å². The zero-order chi connectivity index (χ0) is 16.4. The van der Waals surface area contributed by atoms with Crippen molar-refractivity contribution in [1.29, 1.82) is 0 Å². The van der Waals surface area contributed by atoms with Gasteiger partial charge in [-0.2, -0.15) is 0 Å². The van der Waals surface area contributed by atoms with Crippen LogP contribution in [0.25, 0.3) is 0 Å². The number of hydrogen-bond donors (Lipinski definition) is 1. The van der Waals surface area contributed by atoms with Crippen molar-refractivity contribution < 1.29 is 4.74 Å². The lowest BCUT2D eigenvalue weighted by Crippen LogP contribution is -2.39. The zero-order valence-electron chi connectivity index (χ0n) is 15.1. The number of ether oxygens (including phenoxy) is 1. The second-order valence-corrected chi connectivity index (χ2v) is 5.50. The number of nitrogens with one attached hydrogen (secondary N) is 1. The fourth-order valence-corrected chi connectivity index (χ4v) is 2.13. The Morgan fingerprint density at radius 3 is 2.65 bits per heavy atom. The smallest absolute Gasteiger partial charge is 0.194 e. The van der Waals surface area contributed by atoms with Crippen molar-refractivity contribution in [3.8, 4) is 0 Å². The van der Waals surface area contributed by atoms with E-state index in [-0.39, 0.29) is 24.0 Å². The lowest BCUT2D eigenvalue weighted by molar-refractivity contribution is 0.163. The Balaban J connectivity index is 0.00000484. The van der Waals surface area contributed by atoms with Gasteiger partial charge in [-0.25, -0.2) is 0 Å². The molecule has 0 atom stereocenters. The Bertz CT molecular complexity index is 449. The van der Waals surface area contributed by atoms with Crippen molar-refractivity contribution in [2.75, 3.05) is 54.0 Å². The molecule has 134 valence electrons. The van der Waals surface area contributed by atoms with E-state index < -0.39 is 0 Å². The average molecular weight is 437 g/mol. The van der Waals surface area contributed by atoms with Gasteiger partial charge in [0.2, 0.25) is 0 Å². The van der Waals surface area contributed by atoms with Crippen LogP contribution in [0.5, 0.6) is 0 Å². The van der Waals surface area contributed by atoms with Gasteiger partial charge in [-0.3, -0.25) is 4.99 Å². The van der Waals surface area contributed by atoms with Crippen molar-refractivity contribution >= 4 is 29.9 Å². The van der Waals surface area contributed by atoms with Crippen molar-refractivity contribution in [3.63, 3.8) is 0 Å². The Morgan fingerprint density at radius 2 is 2.09 bits per heavy atom. The van der Waals surface area contributed by atoms with E-state index in [1.165, 1.54) is 5.69 Å². The van der Waals surface area contributed by atoms with E-state index in [0.717, 1.165) is 45.3 Å². The maximum Gasteiger partial charge on any atom is 0.194 e. The number of likely N-dealkylation sites (N-methyl/N-ethyl adjacent to an activating group) is 1. The standard InChI is InChI=1S/C16H31N5O.HI/c1-6-17-16(18-9-11-19(2)12-13-22-5)21(4)14-15-8-7-10-20(15)3;/h7-8,10H,6,9,11-14H2,1-5H3,(H,17,18);1H. The second-order valence-electron chi connectivity index (χ2n) is 5.50. The number of methoxy groups -OCH3 is 1. The zero-order valence-corrected chi connectivity index (χ0v) is 17.4. The van der Waals surface area contributed by atoms with Crippen LogP contribution >= 0.6 is 24.0 Å². The van der Waals surface area contributed by atoms with Crippen LogP contribution in [-0.4, -0.2) is 74.3 Å². The van der Waals surface area contributed by atoms with Crippen LogP contribution in [0.1, 0.15) is 12.6 Å². The van der Waals surface area contributed by atoms with Gasteiger partial charge in [-0.1, -0.05) is 0 Å². The molecule has 6 nitrogen and oxygen atoms in total. The highest BCUT2D eigenvalue weighted by atomic mass is 127. The third-order valence-corrected chi connectivity index (χ3v) is 3.57. The summed E-state index contributed by atoms with van der Waals surface area (Å²) >= 11 is 0. The normalized spacial score (nSPS) is 11.5. The first kappa shape index (κ1) is 22.2. The number of guanidine groups is 1. The topological polar surface area (TPSA) is 45.0 Å². The van der Waals surface area contributed by atoms with E-state index >= 15 is 0 Å². The van der Waals surface area contributed by atoms with Crippen LogP contribution in [0.3, 0.4) is 0 Å². The number of aromatic nitrogens is 1. The summed E-state index contributed by atoms with van der Waals surface area (Å²) in [6.07, 6.45) is 2.07. The van der Waals surface area contributed by atoms with Gasteiger partial charge >= 0.3 is 0 Å². The molecule has 0 saturated carbocycles. The molecule has 0 saturated heterocycles. The molecule has 0 amide bonds. The summed E-state index contributed by atoms with van der Waals surface area (Å²) < 4.78 is 7.22. The fourth-order valence-electron chi connectivity index (χ4n) is 2.13. The summed E-state index contributed by atoms with van der Waals surface area (Å²) in [6, 6.07) is 4.20. The molecule has 0 aromatic carbocycles. The molecule has 0 unspecified atom stereocenters. The van der Waals surface area contributed by atoms with Gasteiger partial charge in [0.1, 0.15) is 0 Å². The largest absolute Gasteiger partial charge is 0.383 e. The summed E-state index contributed by atoms with van der Waals surface area (Å²) in [4.78, 5) is 9.10. The Hall–Kier alpha value is -0.800. The number of rotatable bonds is 9. The molecule has 0 aliphatic heterocycles. The average Bonchev–Trinajstić information content (AvgIpc) is 2.89. The minimum absolute atomic E-state index is 0. The first-order chi connectivity index (χ1) is 10.6. The van der Waals surface area contributed by atoms with Crippen LogP contribution in [0.2, 0.25) is 0 Å². The highest BCUT2D eigenvalue weighted by Gasteiger charge is 2.08. The monoisotopic (exact) mass is 437 g/mol. The van der Waals surface area contributed by atoms with E-state index in [1.807, 2.05) is 0 Å². The maximum atomic E-state index is 5.09. The minimum atomic E-state index is 0. The van der Waals surface area contributed by atoms with E-state index in [9.17, 15) is 0 Å².